The predicted octanol–water partition coefficient (Wildman–Crippen LogP) is 3.82. The minimum atomic E-state index is -3.91. The summed E-state index contributed by atoms with van der Waals surface area (Å²) in [6.45, 7) is 4.49. The number of carbonyl (C=O) groups excluding carboxylic acids is 1. The largest absolute Gasteiger partial charge is 0.369 e. The van der Waals surface area contributed by atoms with Crippen LogP contribution in [0, 0.1) is 0 Å². The van der Waals surface area contributed by atoms with Gasteiger partial charge < -0.3 is 10.6 Å². The van der Waals surface area contributed by atoms with Crippen LogP contribution in [0.15, 0.2) is 96.5 Å². The van der Waals surface area contributed by atoms with E-state index in [1.165, 1.54) is 10.4 Å². The molecule has 178 valence electrons. The number of hydrogen-bond acceptors (Lipinski definition) is 5. The minimum Gasteiger partial charge on any atom is -0.369 e. The molecule has 7 nitrogen and oxygen atoms in total. The molecular weight excluding hydrogens is 460 g/mol. The molecule has 0 saturated carbocycles. The fourth-order valence-corrected chi connectivity index (χ4v) is 6.38. The summed E-state index contributed by atoms with van der Waals surface area (Å²) < 4.78 is 28.5. The molecule has 0 aromatic heterocycles. The van der Waals surface area contributed by atoms with Crippen LogP contribution in [-0.2, 0) is 16.4 Å². The van der Waals surface area contributed by atoms with Gasteiger partial charge in [-0.05, 0) is 41.3 Å². The first-order chi connectivity index (χ1) is 16.9. The van der Waals surface area contributed by atoms with E-state index in [1.807, 2.05) is 60.7 Å². The molecule has 1 amide bonds. The van der Waals surface area contributed by atoms with E-state index < -0.39 is 15.3 Å². The lowest BCUT2D eigenvalue weighted by Crippen LogP contribution is -2.41. The summed E-state index contributed by atoms with van der Waals surface area (Å²) in [4.78, 5) is 19.1. The number of carbonyl (C=O) groups is 1. The van der Waals surface area contributed by atoms with Gasteiger partial charge in [0, 0.05) is 17.8 Å². The van der Waals surface area contributed by atoms with Gasteiger partial charge in [0.2, 0.25) is 16.0 Å². The Morgan fingerprint density at radius 1 is 1.06 bits per heavy atom. The van der Waals surface area contributed by atoms with Gasteiger partial charge in [-0.1, -0.05) is 66.7 Å². The molecule has 2 heterocycles. The summed E-state index contributed by atoms with van der Waals surface area (Å²) in [7, 11) is -3.91. The number of benzene rings is 3. The van der Waals surface area contributed by atoms with E-state index in [0.717, 1.165) is 16.8 Å². The van der Waals surface area contributed by atoms with Gasteiger partial charge in [0.15, 0.2) is 0 Å². The van der Waals surface area contributed by atoms with Gasteiger partial charge in [-0.15, -0.1) is 6.58 Å². The van der Waals surface area contributed by atoms with Crippen LogP contribution in [-0.4, -0.2) is 37.7 Å². The van der Waals surface area contributed by atoms with E-state index in [4.69, 9.17) is 5.73 Å². The van der Waals surface area contributed by atoms with Crippen LogP contribution in [0.25, 0.3) is 0 Å². The van der Waals surface area contributed by atoms with Crippen molar-refractivity contribution >= 4 is 27.6 Å². The van der Waals surface area contributed by atoms with Gasteiger partial charge in [0.1, 0.15) is 5.25 Å². The third-order valence-corrected chi connectivity index (χ3v) is 8.56. The van der Waals surface area contributed by atoms with Crippen LogP contribution in [0.4, 0.5) is 5.69 Å². The van der Waals surface area contributed by atoms with Crippen LogP contribution in [0.3, 0.4) is 0 Å². The van der Waals surface area contributed by atoms with Crippen molar-refractivity contribution in [2.24, 2.45) is 10.7 Å². The first kappa shape index (κ1) is 22.9. The summed E-state index contributed by atoms with van der Waals surface area (Å²) in [6, 6.07) is 23.7. The molecule has 0 aliphatic carbocycles. The number of guanidine groups is 1. The molecule has 5 rings (SSSR count). The van der Waals surface area contributed by atoms with Crippen molar-refractivity contribution in [2.75, 3.05) is 18.0 Å². The Bertz CT molecular complexity index is 1400. The third-order valence-electron chi connectivity index (χ3n) is 6.50. The molecule has 0 radical (unpaired) electrons. The summed E-state index contributed by atoms with van der Waals surface area (Å²) in [5, 5.41) is -0.991. The van der Waals surface area contributed by atoms with Crippen LogP contribution in [0.1, 0.15) is 38.3 Å². The summed E-state index contributed by atoms with van der Waals surface area (Å²) in [6.07, 6.45) is 2.07. The monoisotopic (exact) mass is 486 g/mol. The van der Waals surface area contributed by atoms with Gasteiger partial charge in [0.05, 0.1) is 12.6 Å². The van der Waals surface area contributed by atoms with Crippen molar-refractivity contribution in [3.63, 3.8) is 0 Å². The Labute approximate surface area is 205 Å². The molecule has 2 aliphatic rings. The van der Waals surface area contributed by atoms with Crippen molar-refractivity contribution < 1.29 is 13.2 Å². The number of anilines is 1. The van der Waals surface area contributed by atoms with Crippen LogP contribution < -0.4 is 10.6 Å². The first-order valence-electron chi connectivity index (χ1n) is 11.4. The van der Waals surface area contributed by atoms with E-state index in [2.05, 4.69) is 11.6 Å². The van der Waals surface area contributed by atoms with Crippen molar-refractivity contribution in [3.05, 3.63) is 114 Å². The number of nitrogens with two attached hydrogens (primary N) is 1. The molecule has 2 N–H and O–H groups in total. The lowest BCUT2D eigenvalue weighted by Gasteiger charge is -2.24. The van der Waals surface area contributed by atoms with E-state index in [-0.39, 0.29) is 24.5 Å². The van der Waals surface area contributed by atoms with Gasteiger partial charge in [0.25, 0.3) is 5.91 Å². The number of sulfonamides is 1. The minimum absolute atomic E-state index is 0.0218. The molecule has 3 aromatic rings. The molecular formula is C27H26N4O3S. The maximum absolute atomic E-state index is 13.6. The second-order valence-corrected chi connectivity index (χ2v) is 10.6. The number of hydrogen-bond donors (Lipinski definition) is 1. The fourth-order valence-electron chi connectivity index (χ4n) is 4.72. The highest BCUT2D eigenvalue weighted by Crippen LogP contribution is 2.36. The zero-order valence-corrected chi connectivity index (χ0v) is 19.9. The smallest absolute Gasteiger partial charge is 0.258 e. The Balaban J connectivity index is 1.40. The van der Waals surface area contributed by atoms with E-state index in [1.54, 1.807) is 23.1 Å². The molecule has 8 heteroatoms. The van der Waals surface area contributed by atoms with Gasteiger partial charge in [-0.2, -0.15) is 0 Å². The van der Waals surface area contributed by atoms with E-state index in [0.29, 0.717) is 24.1 Å². The number of aliphatic imine (C=N–C) groups is 1. The molecule has 0 spiro atoms. The summed E-state index contributed by atoms with van der Waals surface area (Å²) >= 11 is 0. The average Bonchev–Trinajstić information content (AvgIpc) is 3.49. The van der Waals surface area contributed by atoms with E-state index >= 15 is 0 Å². The fraction of sp³-hybridized carbons (Fsp3) is 0.185. The normalized spacial score (nSPS) is 18.2. The predicted molar refractivity (Wildman–Crippen MR) is 138 cm³/mol. The molecule has 0 bridgehead atoms. The highest BCUT2D eigenvalue weighted by molar-refractivity contribution is 7.90. The number of fused-ring (bicyclic) bond motifs is 1. The van der Waals surface area contributed by atoms with Crippen molar-refractivity contribution in [1.82, 2.24) is 4.31 Å². The Morgan fingerprint density at radius 2 is 1.74 bits per heavy atom. The Hall–Kier alpha value is -3.91. The number of rotatable bonds is 6. The molecule has 3 aromatic carbocycles. The van der Waals surface area contributed by atoms with Crippen LogP contribution >= 0.6 is 0 Å². The Kier molecular flexibility index (Phi) is 5.90. The third kappa shape index (κ3) is 4.10. The van der Waals surface area contributed by atoms with Crippen LogP contribution in [0.5, 0.6) is 0 Å². The highest BCUT2D eigenvalue weighted by Gasteiger charge is 2.38. The average molecular weight is 487 g/mol. The van der Waals surface area contributed by atoms with Crippen molar-refractivity contribution in [2.45, 2.75) is 17.7 Å². The van der Waals surface area contributed by atoms with Crippen molar-refractivity contribution in [3.8, 4) is 0 Å². The van der Waals surface area contributed by atoms with Gasteiger partial charge in [-0.25, -0.2) is 17.7 Å². The zero-order chi connectivity index (χ0) is 24.6. The molecule has 2 aliphatic heterocycles. The lowest BCUT2D eigenvalue weighted by atomic mass is 10.1. The maximum atomic E-state index is 13.6. The molecule has 0 saturated heterocycles. The zero-order valence-electron chi connectivity index (χ0n) is 19.1. The summed E-state index contributed by atoms with van der Waals surface area (Å²) in [5.41, 5.74) is 9.92. The first-order valence-corrected chi connectivity index (χ1v) is 12.9. The second kappa shape index (κ2) is 9.03. The summed E-state index contributed by atoms with van der Waals surface area (Å²) in [5.74, 6) is -0.0931. The Morgan fingerprint density at radius 3 is 2.43 bits per heavy atom. The molecule has 2 atom stereocenters. The number of amides is 1. The topological polar surface area (TPSA) is 96.1 Å². The van der Waals surface area contributed by atoms with E-state index in [9.17, 15) is 13.2 Å². The molecule has 2 unspecified atom stereocenters. The SMILES string of the molecule is C=CC(c1ccc2c(c1)CCN2C(=O)c1ccccc1)S(=O)(=O)N1CC(c2ccccc2)N=C1N. The lowest BCUT2D eigenvalue weighted by molar-refractivity contribution is 0.0989. The van der Waals surface area contributed by atoms with Crippen molar-refractivity contribution in [1.29, 1.82) is 0 Å². The van der Waals surface area contributed by atoms with Gasteiger partial charge in [-0.3, -0.25) is 4.79 Å². The van der Waals surface area contributed by atoms with Gasteiger partial charge >= 0.3 is 0 Å². The quantitative estimate of drug-likeness (QED) is 0.536. The van der Waals surface area contributed by atoms with Crippen LogP contribution in [0.2, 0.25) is 0 Å². The highest BCUT2D eigenvalue weighted by atomic mass is 32.2. The molecule has 35 heavy (non-hydrogen) atoms. The maximum Gasteiger partial charge on any atom is 0.258 e. The second-order valence-electron chi connectivity index (χ2n) is 8.61. The number of nitrogens with zero attached hydrogens (tertiary/aromatic N) is 3. The molecule has 0 fully saturated rings. The standard InChI is InChI=1S/C27H26N4O3S/c1-2-25(35(33,34)31-18-23(29-27(31)28)19-9-5-3-6-10-19)22-13-14-24-21(17-22)15-16-30(24)26(32)20-11-7-4-8-12-20/h2-14,17,23,25H,1,15-16,18H2,(H2,28,29).